The highest BCUT2D eigenvalue weighted by atomic mass is 16.6. The Kier molecular flexibility index (Phi) is 3.26. The Morgan fingerprint density at radius 1 is 1.42 bits per heavy atom. The molecular formula is C9H15NO2. The van der Waals surface area contributed by atoms with E-state index < -0.39 is 0 Å². The van der Waals surface area contributed by atoms with Crippen LogP contribution in [-0.2, 0) is 0 Å². The maximum absolute atomic E-state index is 10.2. The molecule has 0 N–H and O–H groups in total. The lowest BCUT2D eigenvalue weighted by atomic mass is 9.85. The summed E-state index contributed by atoms with van der Waals surface area (Å²) in [7, 11) is 0. The third-order valence-electron chi connectivity index (χ3n) is 2.56. The van der Waals surface area contributed by atoms with Crippen LogP contribution in [0.2, 0.25) is 0 Å². The number of hydrogen-bond acceptors (Lipinski definition) is 2. The van der Waals surface area contributed by atoms with Crippen LogP contribution in [0.1, 0.15) is 39.0 Å². The van der Waals surface area contributed by atoms with Gasteiger partial charge in [-0.2, -0.15) is 0 Å². The minimum atomic E-state index is -0.343. The number of hydrogen-bond donors (Lipinski definition) is 0. The highest BCUT2D eigenvalue weighted by molar-refractivity contribution is 5.00. The van der Waals surface area contributed by atoms with Gasteiger partial charge in [0.2, 0.25) is 6.20 Å². The van der Waals surface area contributed by atoms with E-state index >= 15 is 0 Å². The zero-order chi connectivity index (χ0) is 8.97. The first-order valence-corrected chi connectivity index (χ1v) is 4.52. The molecule has 1 rings (SSSR count). The second-order valence-electron chi connectivity index (χ2n) is 3.49. The summed E-state index contributed by atoms with van der Waals surface area (Å²) in [6.07, 6.45) is 7.19. The molecule has 0 unspecified atom stereocenters. The Labute approximate surface area is 72.6 Å². The first-order chi connectivity index (χ1) is 5.70. The van der Waals surface area contributed by atoms with Gasteiger partial charge in [-0.3, -0.25) is 10.1 Å². The molecule has 0 aliphatic heterocycles. The van der Waals surface area contributed by atoms with E-state index in [1.807, 2.05) is 6.92 Å². The minimum Gasteiger partial charge on any atom is -0.259 e. The molecule has 0 spiro atoms. The summed E-state index contributed by atoms with van der Waals surface area (Å²) >= 11 is 0. The van der Waals surface area contributed by atoms with Gasteiger partial charge < -0.3 is 0 Å². The fourth-order valence-electron chi connectivity index (χ4n) is 1.83. The van der Waals surface area contributed by atoms with Crippen molar-refractivity contribution in [1.29, 1.82) is 0 Å². The summed E-state index contributed by atoms with van der Waals surface area (Å²) in [5.41, 5.74) is 0.944. The van der Waals surface area contributed by atoms with Crippen LogP contribution < -0.4 is 0 Å². The third-order valence-corrected chi connectivity index (χ3v) is 2.56. The number of nitrogens with zero attached hydrogens (tertiary/aromatic N) is 1. The van der Waals surface area contributed by atoms with Crippen molar-refractivity contribution in [1.82, 2.24) is 0 Å². The average Bonchev–Trinajstić information content (AvgIpc) is 2.05. The van der Waals surface area contributed by atoms with E-state index in [1.54, 1.807) is 0 Å². The molecule has 0 heterocycles. The molecule has 0 amide bonds. The monoisotopic (exact) mass is 169 g/mol. The molecule has 0 radical (unpaired) electrons. The van der Waals surface area contributed by atoms with Gasteiger partial charge in [0.15, 0.2) is 0 Å². The SMILES string of the molecule is C/C(=C\[N+](=O)[O-])C1CCCCC1. The van der Waals surface area contributed by atoms with Crippen LogP contribution in [0, 0.1) is 16.0 Å². The highest BCUT2D eigenvalue weighted by Crippen LogP contribution is 2.29. The molecule has 3 nitrogen and oxygen atoms in total. The number of nitro groups is 1. The van der Waals surface area contributed by atoms with Crippen molar-refractivity contribution in [2.24, 2.45) is 5.92 Å². The Hall–Kier alpha value is -0.860. The van der Waals surface area contributed by atoms with Gasteiger partial charge in [0.25, 0.3) is 0 Å². The fourth-order valence-corrected chi connectivity index (χ4v) is 1.83. The van der Waals surface area contributed by atoms with Gasteiger partial charge in [-0.05, 0) is 31.3 Å². The Morgan fingerprint density at radius 3 is 2.50 bits per heavy atom. The molecule has 1 fully saturated rings. The molecule has 0 aromatic carbocycles. The van der Waals surface area contributed by atoms with E-state index in [4.69, 9.17) is 0 Å². The quantitative estimate of drug-likeness (QED) is 0.471. The molecule has 0 aromatic rings. The van der Waals surface area contributed by atoms with Crippen molar-refractivity contribution in [2.75, 3.05) is 0 Å². The first-order valence-electron chi connectivity index (χ1n) is 4.52. The third kappa shape index (κ3) is 2.64. The van der Waals surface area contributed by atoms with Crippen molar-refractivity contribution < 1.29 is 4.92 Å². The molecule has 1 aliphatic carbocycles. The van der Waals surface area contributed by atoms with Crippen molar-refractivity contribution in [2.45, 2.75) is 39.0 Å². The van der Waals surface area contributed by atoms with Gasteiger partial charge in [0.05, 0.1) is 4.92 Å². The van der Waals surface area contributed by atoms with Crippen molar-refractivity contribution >= 4 is 0 Å². The second-order valence-corrected chi connectivity index (χ2v) is 3.49. The molecule has 3 heteroatoms. The number of allylic oxidation sites excluding steroid dienone is 1. The lowest BCUT2D eigenvalue weighted by Crippen LogP contribution is -2.08. The smallest absolute Gasteiger partial charge is 0.233 e. The zero-order valence-corrected chi connectivity index (χ0v) is 7.45. The van der Waals surface area contributed by atoms with Crippen LogP contribution in [0.25, 0.3) is 0 Å². The van der Waals surface area contributed by atoms with Crippen LogP contribution >= 0.6 is 0 Å². The van der Waals surface area contributed by atoms with Gasteiger partial charge >= 0.3 is 0 Å². The van der Waals surface area contributed by atoms with Crippen LogP contribution in [0.4, 0.5) is 0 Å². The lowest BCUT2D eigenvalue weighted by molar-refractivity contribution is -0.403. The van der Waals surface area contributed by atoms with Gasteiger partial charge in [0.1, 0.15) is 0 Å². The normalized spacial score (nSPS) is 20.9. The first kappa shape index (κ1) is 9.23. The molecule has 68 valence electrons. The molecule has 0 saturated heterocycles. The molecule has 0 aromatic heterocycles. The maximum Gasteiger partial charge on any atom is 0.233 e. The Balaban J connectivity index is 2.49. The van der Waals surface area contributed by atoms with E-state index in [0.717, 1.165) is 24.6 Å². The van der Waals surface area contributed by atoms with Crippen molar-refractivity contribution in [3.8, 4) is 0 Å². The molecule has 1 aliphatic rings. The Bertz CT molecular complexity index is 193. The minimum absolute atomic E-state index is 0.343. The molecule has 12 heavy (non-hydrogen) atoms. The van der Waals surface area contributed by atoms with E-state index in [-0.39, 0.29) is 4.92 Å². The van der Waals surface area contributed by atoms with Crippen LogP contribution in [0.3, 0.4) is 0 Å². The van der Waals surface area contributed by atoms with Gasteiger partial charge in [-0.15, -0.1) is 0 Å². The Morgan fingerprint density at radius 2 is 2.00 bits per heavy atom. The predicted octanol–water partition coefficient (Wildman–Crippen LogP) is 2.75. The van der Waals surface area contributed by atoms with Crippen molar-refractivity contribution in [3.63, 3.8) is 0 Å². The summed E-state index contributed by atoms with van der Waals surface area (Å²) in [5, 5.41) is 10.2. The largest absolute Gasteiger partial charge is 0.259 e. The van der Waals surface area contributed by atoms with E-state index in [2.05, 4.69) is 0 Å². The molecule has 0 atom stereocenters. The summed E-state index contributed by atoms with van der Waals surface area (Å²) in [6.45, 7) is 1.87. The molecule has 0 bridgehead atoms. The van der Waals surface area contributed by atoms with Crippen LogP contribution in [-0.4, -0.2) is 4.92 Å². The standard InChI is InChI=1S/C9H15NO2/c1-8(7-10(11)12)9-5-3-2-4-6-9/h7,9H,2-6H2,1H3/b8-7+. The summed E-state index contributed by atoms with van der Waals surface area (Å²) in [4.78, 5) is 9.84. The topological polar surface area (TPSA) is 43.1 Å². The second kappa shape index (κ2) is 4.24. The van der Waals surface area contributed by atoms with E-state index in [0.29, 0.717) is 5.92 Å². The van der Waals surface area contributed by atoms with Crippen molar-refractivity contribution in [3.05, 3.63) is 21.9 Å². The zero-order valence-electron chi connectivity index (χ0n) is 7.45. The highest BCUT2D eigenvalue weighted by Gasteiger charge is 2.16. The summed E-state index contributed by atoms with van der Waals surface area (Å²) in [5.74, 6) is 0.476. The van der Waals surface area contributed by atoms with Gasteiger partial charge in [-0.1, -0.05) is 19.3 Å². The lowest BCUT2D eigenvalue weighted by Gasteiger charge is -2.20. The van der Waals surface area contributed by atoms with E-state index in [9.17, 15) is 10.1 Å². The predicted molar refractivity (Wildman–Crippen MR) is 47.3 cm³/mol. The molecule has 1 saturated carbocycles. The van der Waals surface area contributed by atoms with Crippen LogP contribution in [0.5, 0.6) is 0 Å². The van der Waals surface area contributed by atoms with Gasteiger partial charge in [0, 0.05) is 0 Å². The molecular weight excluding hydrogens is 154 g/mol. The summed E-state index contributed by atoms with van der Waals surface area (Å²) < 4.78 is 0. The maximum atomic E-state index is 10.2. The fraction of sp³-hybridized carbons (Fsp3) is 0.778. The van der Waals surface area contributed by atoms with Gasteiger partial charge in [-0.25, -0.2) is 0 Å². The van der Waals surface area contributed by atoms with Crippen LogP contribution in [0.15, 0.2) is 11.8 Å². The number of rotatable bonds is 2. The average molecular weight is 169 g/mol. The van der Waals surface area contributed by atoms with E-state index in [1.165, 1.54) is 19.3 Å². The summed E-state index contributed by atoms with van der Waals surface area (Å²) in [6, 6.07) is 0.